The molecule has 47 heavy (non-hydrogen) atoms. The highest BCUT2D eigenvalue weighted by Gasteiger charge is 2.26. The van der Waals surface area contributed by atoms with Gasteiger partial charge in [-0.1, -0.05) is 45.0 Å². The Bertz CT molecular complexity index is 1450. The molecule has 4 rings (SSSR count). The molecule has 0 aromatic heterocycles. The second-order valence-electron chi connectivity index (χ2n) is 12.6. The van der Waals surface area contributed by atoms with Gasteiger partial charge >= 0.3 is 0 Å². The van der Waals surface area contributed by atoms with Crippen molar-refractivity contribution >= 4 is 11.8 Å². The monoisotopic (exact) mass is 648 g/mol. The number of amides is 2. The Morgan fingerprint density at radius 2 is 1.55 bits per heavy atom. The Kier molecular flexibility index (Phi) is 13.9. The molecule has 9 heteroatoms. The van der Waals surface area contributed by atoms with Crippen LogP contribution < -0.4 is 16.0 Å². The van der Waals surface area contributed by atoms with Crippen molar-refractivity contribution in [3.63, 3.8) is 0 Å². The lowest BCUT2D eigenvalue weighted by atomic mass is 9.87. The number of rotatable bonds is 16. The van der Waals surface area contributed by atoms with E-state index in [1.54, 1.807) is 6.07 Å². The van der Waals surface area contributed by atoms with Gasteiger partial charge < -0.3 is 26.0 Å². The average Bonchev–Trinajstić information content (AvgIpc) is 3.07. The molecule has 1 aliphatic heterocycles. The number of hydrogen-bond acceptors (Lipinski definition) is 5. The number of piperidine rings is 1. The first-order valence-electron chi connectivity index (χ1n) is 17.1. The molecule has 0 unspecified atom stereocenters. The van der Waals surface area contributed by atoms with Crippen molar-refractivity contribution in [2.24, 2.45) is 0 Å². The van der Waals surface area contributed by atoms with E-state index >= 15 is 0 Å². The Morgan fingerprint density at radius 1 is 0.894 bits per heavy atom. The summed E-state index contributed by atoms with van der Waals surface area (Å²) in [5.41, 5.74) is 4.32. The quantitative estimate of drug-likeness (QED) is 0.159. The van der Waals surface area contributed by atoms with Gasteiger partial charge in [0.25, 0.3) is 11.8 Å². The van der Waals surface area contributed by atoms with Gasteiger partial charge in [-0.3, -0.25) is 9.59 Å². The van der Waals surface area contributed by atoms with Gasteiger partial charge in [0.15, 0.2) is 0 Å². The molecule has 2 atom stereocenters. The van der Waals surface area contributed by atoms with Crippen LogP contribution in [0.5, 0.6) is 0 Å². The zero-order valence-corrected chi connectivity index (χ0v) is 28.0. The summed E-state index contributed by atoms with van der Waals surface area (Å²) in [7, 11) is 0. The summed E-state index contributed by atoms with van der Waals surface area (Å²) >= 11 is 0. The Balaban J connectivity index is 1.60. The van der Waals surface area contributed by atoms with Crippen LogP contribution in [0.2, 0.25) is 0 Å². The first-order valence-corrected chi connectivity index (χ1v) is 17.1. The SMILES string of the molecule is CCCN(CCC)C(=O)c1cc(C(=O)N[C@@H](Cc2cc(F)cc(F)c2)[C@H](O)CNCc2cccc(CC)c2)cc(C2CCNCC2)c1. The number of hydrogen-bond donors (Lipinski definition) is 4. The average molecular weight is 649 g/mol. The van der Waals surface area contributed by atoms with Gasteiger partial charge in [0.2, 0.25) is 0 Å². The molecular weight excluding hydrogens is 598 g/mol. The van der Waals surface area contributed by atoms with E-state index in [0.717, 1.165) is 62.4 Å². The fourth-order valence-corrected chi connectivity index (χ4v) is 6.32. The van der Waals surface area contributed by atoms with E-state index in [1.807, 2.05) is 43.0 Å². The van der Waals surface area contributed by atoms with Crippen LogP contribution >= 0.6 is 0 Å². The highest BCUT2D eigenvalue weighted by molar-refractivity contribution is 6.00. The van der Waals surface area contributed by atoms with Crippen LogP contribution in [0.3, 0.4) is 0 Å². The van der Waals surface area contributed by atoms with Crippen molar-refractivity contribution in [2.45, 2.75) is 83.9 Å². The lowest BCUT2D eigenvalue weighted by Gasteiger charge is -2.27. The van der Waals surface area contributed by atoms with Gasteiger partial charge in [-0.05, 0) is 110 Å². The van der Waals surface area contributed by atoms with E-state index in [9.17, 15) is 23.5 Å². The van der Waals surface area contributed by atoms with E-state index in [4.69, 9.17) is 0 Å². The normalized spacial score (nSPS) is 14.9. The van der Waals surface area contributed by atoms with Gasteiger partial charge in [0.05, 0.1) is 12.1 Å². The Morgan fingerprint density at radius 3 is 2.21 bits per heavy atom. The summed E-state index contributed by atoms with van der Waals surface area (Å²) in [6.07, 6.45) is 3.29. The highest BCUT2D eigenvalue weighted by atomic mass is 19.1. The summed E-state index contributed by atoms with van der Waals surface area (Å²) in [5.74, 6) is -1.82. The van der Waals surface area contributed by atoms with E-state index in [1.165, 1.54) is 17.7 Å². The number of carbonyl (C=O) groups excluding carboxylic acids is 2. The van der Waals surface area contributed by atoms with Gasteiger partial charge in [-0.25, -0.2) is 8.78 Å². The number of aliphatic hydroxyl groups excluding tert-OH is 1. The minimum absolute atomic E-state index is 0.00906. The predicted octanol–water partition coefficient (Wildman–Crippen LogP) is 5.75. The van der Waals surface area contributed by atoms with Gasteiger partial charge in [0.1, 0.15) is 11.6 Å². The van der Waals surface area contributed by atoms with Crippen molar-refractivity contribution in [1.82, 2.24) is 20.9 Å². The minimum atomic E-state index is -1.07. The number of halogens is 2. The molecule has 0 radical (unpaired) electrons. The molecule has 0 bridgehead atoms. The zero-order chi connectivity index (χ0) is 33.8. The maximum atomic E-state index is 14.1. The number of aliphatic hydroxyl groups is 1. The van der Waals surface area contributed by atoms with Crippen molar-refractivity contribution in [1.29, 1.82) is 0 Å². The highest BCUT2D eigenvalue weighted by Crippen LogP contribution is 2.28. The van der Waals surface area contributed by atoms with Crippen molar-refractivity contribution < 1.29 is 23.5 Å². The van der Waals surface area contributed by atoms with Crippen LogP contribution in [0.1, 0.15) is 95.3 Å². The topological polar surface area (TPSA) is 93.7 Å². The van der Waals surface area contributed by atoms with Crippen molar-refractivity contribution in [3.05, 3.63) is 106 Å². The van der Waals surface area contributed by atoms with Crippen LogP contribution in [0.15, 0.2) is 60.7 Å². The molecule has 1 aliphatic rings. The van der Waals surface area contributed by atoms with Crippen LogP contribution in [-0.4, -0.2) is 66.7 Å². The smallest absolute Gasteiger partial charge is 0.253 e. The molecule has 3 aromatic rings. The first kappa shape index (κ1) is 36.2. The zero-order valence-electron chi connectivity index (χ0n) is 28.0. The molecule has 1 saturated heterocycles. The summed E-state index contributed by atoms with van der Waals surface area (Å²) in [6, 6.07) is 15.9. The van der Waals surface area contributed by atoms with E-state index < -0.39 is 29.7 Å². The largest absolute Gasteiger partial charge is 0.390 e. The summed E-state index contributed by atoms with van der Waals surface area (Å²) in [5, 5.41) is 20.9. The molecular formula is C38H50F2N4O3. The number of aryl methyl sites for hydroxylation is 1. The Hall–Kier alpha value is -3.66. The molecule has 1 heterocycles. The lowest BCUT2D eigenvalue weighted by molar-refractivity contribution is 0.0755. The molecule has 0 saturated carbocycles. The summed E-state index contributed by atoms with van der Waals surface area (Å²) in [6.45, 7) is 9.77. The van der Waals surface area contributed by atoms with Gasteiger partial charge in [-0.2, -0.15) is 0 Å². The van der Waals surface area contributed by atoms with Crippen LogP contribution in [0.25, 0.3) is 0 Å². The maximum Gasteiger partial charge on any atom is 0.253 e. The minimum Gasteiger partial charge on any atom is -0.390 e. The van der Waals surface area contributed by atoms with E-state index in [0.29, 0.717) is 36.3 Å². The standard InChI is InChI=1S/C38H50F2N4O3/c1-4-14-44(15-5-2)38(47)32-21-30(29-10-12-41-13-11-29)20-31(22-32)37(46)43-35(19-28-17-33(39)23-34(40)18-28)36(45)25-42-24-27-9-7-8-26(6-3)16-27/h7-9,16-18,20-23,29,35-36,41-42,45H,4-6,10-15,19,24-25H2,1-3H3,(H,43,46)/t35-,36+/m0/s1. The number of carbonyl (C=O) groups is 2. The van der Waals surface area contributed by atoms with E-state index in [2.05, 4.69) is 35.0 Å². The molecule has 0 spiro atoms. The molecule has 2 amide bonds. The third kappa shape index (κ3) is 10.7. The predicted molar refractivity (Wildman–Crippen MR) is 183 cm³/mol. The van der Waals surface area contributed by atoms with Crippen LogP contribution in [0.4, 0.5) is 8.78 Å². The Labute approximate surface area is 278 Å². The summed E-state index contributed by atoms with van der Waals surface area (Å²) < 4.78 is 28.3. The number of nitrogens with one attached hydrogen (secondary N) is 3. The lowest BCUT2D eigenvalue weighted by Crippen LogP contribution is -2.48. The number of benzene rings is 3. The molecule has 4 N–H and O–H groups in total. The van der Waals surface area contributed by atoms with E-state index in [-0.39, 0.29) is 24.8 Å². The maximum absolute atomic E-state index is 14.1. The fourth-order valence-electron chi connectivity index (χ4n) is 6.32. The molecule has 254 valence electrons. The van der Waals surface area contributed by atoms with Gasteiger partial charge in [0, 0.05) is 43.4 Å². The molecule has 3 aromatic carbocycles. The number of nitrogens with zero attached hydrogens (tertiary/aromatic N) is 1. The third-order valence-corrected chi connectivity index (χ3v) is 8.79. The second-order valence-corrected chi connectivity index (χ2v) is 12.6. The molecule has 0 aliphatic carbocycles. The second kappa shape index (κ2) is 18.0. The third-order valence-electron chi connectivity index (χ3n) is 8.79. The van der Waals surface area contributed by atoms with Crippen LogP contribution in [-0.2, 0) is 19.4 Å². The van der Waals surface area contributed by atoms with Crippen molar-refractivity contribution in [2.75, 3.05) is 32.7 Å². The first-order chi connectivity index (χ1) is 22.7. The van der Waals surface area contributed by atoms with Gasteiger partial charge in [-0.15, -0.1) is 0 Å². The fraction of sp³-hybridized carbons (Fsp3) is 0.474. The molecule has 7 nitrogen and oxygen atoms in total. The molecule has 1 fully saturated rings. The van der Waals surface area contributed by atoms with Crippen LogP contribution in [0, 0.1) is 11.6 Å². The van der Waals surface area contributed by atoms with Crippen molar-refractivity contribution in [3.8, 4) is 0 Å². The summed E-state index contributed by atoms with van der Waals surface area (Å²) in [4.78, 5) is 29.5.